The minimum atomic E-state index is -1.04. The van der Waals surface area contributed by atoms with Gasteiger partial charge in [-0.15, -0.1) is 0 Å². The van der Waals surface area contributed by atoms with Gasteiger partial charge >= 0.3 is 5.97 Å². The van der Waals surface area contributed by atoms with E-state index in [2.05, 4.69) is 54.5 Å². The normalized spacial score (nSPS) is 56.3. The summed E-state index contributed by atoms with van der Waals surface area (Å²) >= 11 is 0. The van der Waals surface area contributed by atoms with Crippen molar-refractivity contribution in [2.75, 3.05) is 0 Å². The summed E-state index contributed by atoms with van der Waals surface area (Å²) in [5, 5.41) is 32.7. The zero-order valence-electron chi connectivity index (χ0n) is 22.5. The first kappa shape index (κ1) is 24.8. The van der Waals surface area contributed by atoms with Crippen molar-refractivity contribution >= 4 is 5.97 Å². The van der Waals surface area contributed by atoms with Gasteiger partial charge in [0, 0.05) is 5.92 Å². The molecule has 5 rings (SSSR count). The number of aliphatic hydroxyl groups excluding tert-OH is 2. The lowest BCUT2D eigenvalue weighted by Crippen LogP contribution is -2.67. The maximum absolute atomic E-state index is 12.8. The van der Waals surface area contributed by atoms with E-state index in [1.54, 1.807) is 0 Å². The summed E-state index contributed by atoms with van der Waals surface area (Å²) in [6.45, 7) is 16.5. The number of rotatable bonds is 1. The summed E-state index contributed by atoms with van der Waals surface area (Å²) in [7, 11) is 0. The van der Waals surface area contributed by atoms with Crippen molar-refractivity contribution in [1.29, 1.82) is 0 Å². The highest BCUT2D eigenvalue weighted by molar-refractivity contribution is 5.77. The molecule has 0 saturated heterocycles. The number of hydrogen-bond donors (Lipinski definition) is 3. The maximum atomic E-state index is 12.8. The Hall–Kier alpha value is -0.870. The largest absolute Gasteiger partial charge is 0.481 e. The predicted octanol–water partition coefficient (Wildman–Crippen LogP) is 6.06. The highest BCUT2D eigenvalue weighted by Gasteiger charge is 2.70. The SMILES string of the molecule is CC1CC(O)C2(C(=O)O)CCC3(C)C(=CCC4C5(C)CCC(O)C(C)(C)C5CCC43C)C2C1C. The van der Waals surface area contributed by atoms with Gasteiger partial charge in [-0.25, -0.2) is 0 Å². The van der Waals surface area contributed by atoms with E-state index in [0.29, 0.717) is 30.6 Å². The van der Waals surface area contributed by atoms with Gasteiger partial charge in [0.25, 0.3) is 0 Å². The topological polar surface area (TPSA) is 77.8 Å². The van der Waals surface area contributed by atoms with Gasteiger partial charge in [0.15, 0.2) is 0 Å². The van der Waals surface area contributed by atoms with Crippen LogP contribution in [0.25, 0.3) is 0 Å². The average molecular weight is 473 g/mol. The molecule has 0 radical (unpaired) electrons. The molecule has 0 aromatic rings. The van der Waals surface area contributed by atoms with Gasteiger partial charge in [-0.3, -0.25) is 4.79 Å². The second-order valence-electron chi connectivity index (χ2n) is 14.6. The number of carboxylic acids is 1. The summed E-state index contributed by atoms with van der Waals surface area (Å²) in [6, 6.07) is 0. The zero-order valence-corrected chi connectivity index (χ0v) is 22.5. The standard InChI is InChI=1S/C30H48O4/c1-17-16-23(32)30(25(33)34)15-14-28(6)19(24(30)18(17)2)8-9-21-27(5)12-11-22(31)26(3,4)20(27)10-13-29(21,28)7/h8,17-18,20-24,31-32H,9-16H2,1-7H3,(H,33,34). The van der Waals surface area contributed by atoms with Crippen molar-refractivity contribution in [2.24, 2.45) is 56.7 Å². The lowest BCUT2D eigenvalue weighted by molar-refractivity contribution is -0.214. The molecule has 34 heavy (non-hydrogen) atoms. The van der Waals surface area contributed by atoms with Gasteiger partial charge in [0.1, 0.15) is 5.41 Å². The lowest BCUT2D eigenvalue weighted by atomic mass is 9.33. The molecular formula is C30H48O4. The summed E-state index contributed by atoms with van der Waals surface area (Å²) in [4.78, 5) is 12.8. The monoisotopic (exact) mass is 472 g/mol. The van der Waals surface area contributed by atoms with Gasteiger partial charge < -0.3 is 15.3 Å². The van der Waals surface area contributed by atoms with Gasteiger partial charge in [0.2, 0.25) is 0 Å². The van der Waals surface area contributed by atoms with Gasteiger partial charge in [-0.1, -0.05) is 60.1 Å². The quantitative estimate of drug-likeness (QED) is 0.405. The number of carbonyl (C=O) groups is 1. The molecular weight excluding hydrogens is 424 g/mol. The number of allylic oxidation sites excluding steroid dienone is 2. The summed E-state index contributed by atoms with van der Waals surface area (Å²) in [5.41, 5.74) is 0.498. The number of aliphatic hydroxyl groups is 2. The fraction of sp³-hybridized carbons (Fsp3) is 0.900. The Bertz CT molecular complexity index is 907. The lowest BCUT2D eigenvalue weighted by Gasteiger charge is -2.71. The second-order valence-corrected chi connectivity index (χ2v) is 14.6. The Morgan fingerprint density at radius 1 is 0.912 bits per heavy atom. The third-order valence-corrected chi connectivity index (χ3v) is 13.4. The highest BCUT2D eigenvalue weighted by Crippen LogP contribution is 2.75. The Morgan fingerprint density at radius 2 is 1.59 bits per heavy atom. The van der Waals surface area contributed by atoms with E-state index in [4.69, 9.17) is 0 Å². The first-order valence-corrected chi connectivity index (χ1v) is 14.0. The molecule has 0 heterocycles. The Labute approximate surface area is 206 Å². The van der Waals surface area contributed by atoms with Crippen LogP contribution in [0.5, 0.6) is 0 Å². The molecule has 11 unspecified atom stereocenters. The van der Waals surface area contributed by atoms with Crippen molar-refractivity contribution in [1.82, 2.24) is 0 Å². The van der Waals surface area contributed by atoms with Crippen LogP contribution in [0.15, 0.2) is 11.6 Å². The summed E-state index contributed by atoms with van der Waals surface area (Å²) in [5.74, 6) is 0.736. The Morgan fingerprint density at radius 3 is 2.24 bits per heavy atom. The van der Waals surface area contributed by atoms with Crippen molar-refractivity contribution in [3.63, 3.8) is 0 Å². The van der Waals surface area contributed by atoms with Crippen molar-refractivity contribution in [3.05, 3.63) is 11.6 Å². The molecule has 5 aliphatic carbocycles. The van der Waals surface area contributed by atoms with Crippen LogP contribution in [-0.2, 0) is 4.79 Å². The van der Waals surface area contributed by atoms with Crippen molar-refractivity contribution < 1.29 is 20.1 Å². The summed E-state index contributed by atoms with van der Waals surface area (Å²) < 4.78 is 0. The molecule has 4 nitrogen and oxygen atoms in total. The van der Waals surface area contributed by atoms with Crippen LogP contribution >= 0.6 is 0 Å². The molecule has 0 bridgehead atoms. The third kappa shape index (κ3) is 2.71. The molecule has 4 saturated carbocycles. The predicted molar refractivity (Wildman–Crippen MR) is 134 cm³/mol. The Balaban J connectivity index is 1.63. The van der Waals surface area contributed by atoms with Gasteiger partial charge in [-0.2, -0.15) is 0 Å². The molecule has 3 N–H and O–H groups in total. The van der Waals surface area contributed by atoms with Gasteiger partial charge in [0.05, 0.1) is 12.2 Å². The van der Waals surface area contributed by atoms with Gasteiger partial charge in [-0.05, 0) is 96.7 Å². The Kier molecular flexibility index (Phi) is 5.36. The minimum Gasteiger partial charge on any atom is -0.481 e. The van der Waals surface area contributed by atoms with Crippen molar-refractivity contribution in [2.45, 2.75) is 112 Å². The molecule has 0 amide bonds. The fourth-order valence-electron chi connectivity index (χ4n) is 10.9. The summed E-state index contributed by atoms with van der Waals surface area (Å²) in [6.07, 6.45) is 8.72. The van der Waals surface area contributed by atoms with E-state index in [1.165, 1.54) is 5.57 Å². The highest BCUT2D eigenvalue weighted by atomic mass is 16.4. The molecule has 0 aromatic carbocycles. The van der Waals surface area contributed by atoms with Crippen LogP contribution < -0.4 is 0 Å². The molecule has 0 spiro atoms. The van der Waals surface area contributed by atoms with Crippen LogP contribution in [0, 0.1) is 56.7 Å². The van der Waals surface area contributed by atoms with Crippen LogP contribution in [0.3, 0.4) is 0 Å². The molecule has 4 fully saturated rings. The number of carboxylic acid groups (broad SMARTS) is 1. The molecule has 5 aliphatic rings. The van der Waals surface area contributed by atoms with E-state index >= 15 is 0 Å². The molecule has 0 aromatic heterocycles. The van der Waals surface area contributed by atoms with E-state index in [9.17, 15) is 20.1 Å². The first-order chi connectivity index (χ1) is 15.7. The number of fused-ring (bicyclic) bond motifs is 7. The van der Waals surface area contributed by atoms with E-state index in [-0.39, 0.29) is 39.6 Å². The van der Waals surface area contributed by atoms with E-state index < -0.39 is 17.5 Å². The van der Waals surface area contributed by atoms with Crippen molar-refractivity contribution in [3.8, 4) is 0 Å². The van der Waals surface area contributed by atoms with Crippen LogP contribution in [0.4, 0.5) is 0 Å². The molecule has 4 heteroatoms. The molecule has 192 valence electrons. The fourth-order valence-corrected chi connectivity index (χ4v) is 10.9. The van der Waals surface area contributed by atoms with E-state index in [1.807, 2.05) is 0 Å². The number of hydrogen-bond acceptors (Lipinski definition) is 3. The van der Waals surface area contributed by atoms with Crippen LogP contribution in [-0.4, -0.2) is 33.5 Å². The third-order valence-electron chi connectivity index (χ3n) is 13.4. The second kappa shape index (κ2) is 7.34. The van der Waals surface area contributed by atoms with Crippen LogP contribution in [0.2, 0.25) is 0 Å². The zero-order chi connectivity index (χ0) is 25.1. The molecule has 0 aliphatic heterocycles. The van der Waals surface area contributed by atoms with Crippen LogP contribution in [0.1, 0.15) is 99.8 Å². The average Bonchev–Trinajstić information content (AvgIpc) is 2.74. The minimum absolute atomic E-state index is 0.0429. The number of aliphatic carboxylic acids is 1. The first-order valence-electron chi connectivity index (χ1n) is 14.0. The smallest absolute Gasteiger partial charge is 0.312 e. The molecule has 11 atom stereocenters. The maximum Gasteiger partial charge on any atom is 0.312 e. The van der Waals surface area contributed by atoms with E-state index in [0.717, 1.165) is 38.5 Å².